The lowest BCUT2D eigenvalue weighted by atomic mass is 10.4. The van der Waals surface area contributed by atoms with Crippen molar-refractivity contribution in [3.8, 4) is 0 Å². The van der Waals surface area contributed by atoms with Crippen molar-refractivity contribution in [2.75, 3.05) is 5.75 Å². The molecule has 1 aromatic rings. The number of hydrogen-bond acceptors (Lipinski definition) is 4. The van der Waals surface area contributed by atoms with Crippen LogP contribution >= 0.6 is 27.4 Å². The predicted octanol–water partition coefficient (Wildman–Crippen LogP) is 4.16. The molecular weight excluding hydrogens is 251 g/mol. The molecule has 2 unspecified atom stereocenters. The number of hydrogen-bond donors (Lipinski definition) is 0. The Bertz CT molecular complexity index is 354. The minimum atomic E-state index is -1.68. The van der Waals surface area contributed by atoms with Crippen LogP contribution in [-0.4, -0.2) is 11.9 Å². The van der Waals surface area contributed by atoms with Gasteiger partial charge in [0.15, 0.2) is 4.67 Å². The maximum absolute atomic E-state index is 5.80. The van der Waals surface area contributed by atoms with Gasteiger partial charge in [-0.2, -0.15) is 0 Å². The molecule has 0 bridgehead atoms. The fraction of sp³-hybridized carbons (Fsp3) is 0.333. The van der Waals surface area contributed by atoms with Crippen molar-refractivity contribution < 1.29 is 4.52 Å². The molecule has 0 amide bonds. The van der Waals surface area contributed by atoms with E-state index in [4.69, 9.17) is 16.3 Å². The first kappa shape index (κ1) is 11.0. The largest absolute Gasteiger partial charge is 0.330 e. The van der Waals surface area contributed by atoms with Crippen LogP contribution in [0, 0.1) is 0 Å². The highest BCUT2D eigenvalue weighted by molar-refractivity contribution is 8.99. The SMILES string of the molecule is CC1CSP(=S)(Sc2ccccc2)O1. The second-order valence-corrected chi connectivity index (χ2v) is 13.4. The van der Waals surface area contributed by atoms with Crippen molar-refractivity contribution in [1.82, 2.24) is 0 Å². The van der Waals surface area contributed by atoms with Gasteiger partial charge >= 0.3 is 0 Å². The highest BCUT2D eigenvalue weighted by atomic mass is 33.2. The van der Waals surface area contributed by atoms with E-state index in [-0.39, 0.29) is 0 Å². The molecule has 1 aliphatic rings. The summed E-state index contributed by atoms with van der Waals surface area (Å²) in [6.45, 7) is 2.09. The molecule has 76 valence electrons. The Morgan fingerprint density at radius 2 is 2.21 bits per heavy atom. The van der Waals surface area contributed by atoms with Crippen molar-refractivity contribution in [1.29, 1.82) is 0 Å². The fourth-order valence-corrected chi connectivity index (χ4v) is 10.1. The Kier molecular flexibility index (Phi) is 3.61. The first-order chi connectivity index (χ1) is 6.68. The van der Waals surface area contributed by atoms with Gasteiger partial charge in [0.2, 0.25) is 0 Å². The Hall–Kier alpha value is 0.530. The van der Waals surface area contributed by atoms with Crippen LogP contribution in [0.1, 0.15) is 6.92 Å². The van der Waals surface area contributed by atoms with E-state index in [2.05, 4.69) is 19.1 Å². The molecule has 0 radical (unpaired) electrons. The summed E-state index contributed by atoms with van der Waals surface area (Å²) in [6.07, 6.45) is 0.321. The van der Waals surface area contributed by atoms with E-state index in [0.29, 0.717) is 6.10 Å². The van der Waals surface area contributed by atoms with Gasteiger partial charge in [-0.15, -0.1) is 0 Å². The molecule has 0 aliphatic carbocycles. The van der Waals surface area contributed by atoms with E-state index in [9.17, 15) is 0 Å². The van der Waals surface area contributed by atoms with Gasteiger partial charge in [-0.1, -0.05) is 41.0 Å². The molecule has 5 heteroatoms. The topological polar surface area (TPSA) is 9.23 Å². The third kappa shape index (κ3) is 2.77. The monoisotopic (exact) mass is 262 g/mol. The third-order valence-electron chi connectivity index (χ3n) is 1.74. The molecule has 0 N–H and O–H groups in total. The molecule has 14 heavy (non-hydrogen) atoms. The summed E-state index contributed by atoms with van der Waals surface area (Å²) < 4.78 is 4.12. The molecular formula is C9H11OPS3. The van der Waals surface area contributed by atoms with Crippen LogP contribution in [0.5, 0.6) is 0 Å². The van der Waals surface area contributed by atoms with E-state index >= 15 is 0 Å². The Morgan fingerprint density at radius 3 is 2.79 bits per heavy atom. The average Bonchev–Trinajstić information content (AvgIpc) is 2.47. The summed E-state index contributed by atoms with van der Waals surface area (Å²) >= 11 is 9.08. The molecule has 1 fully saturated rings. The first-order valence-electron chi connectivity index (χ1n) is 4.36. The summed E-state index contributed by atoms with van der Waals surface area (Å²) in [5, 5.41) is 0. The van der Waals surface area contributed by atoms with E-state index in [1.54, 1.807) is 11.4 Å². The third-order valence-corrected chi connectivity index (χ3v) is 10.7. The van der Waals surface area contributed by atoms with E-state index in [1.807, 2.05) is 29.6 Å². The van der Waals surface area contributed by atoms with Gasteiger partial charge in [0, 0.05) is 10.6 Å². The average molecular weight is 262 g/mol. The van der Waals surface area contributed by atoms with Gasteiger partial charge in [-0.05, 0) is 30.9 Å². The normalized spacial score (nSPS) is 31.9. The van der Waals surface area contributed by atoms with E-state index in [0.717, 1.165) is 5.75 Å². The lowest BCUT2D eigenvalue weighted by Crippen LogP contribution is -1.98. The number of rotatable bonds is 2. The molecule has 1 aromatic carbocycles. The number of benzene rings is 1. The van der Waals surface area contributed by atoms with Gasteiger partial charge in [-0.25, -0.2) is 0 Å². The smallest absolute Gasteiger partial charge is 0.179 e. The summed E-state index contributed by atoms with van der Waals surface area (Å²) in [7, 11) is 0. The maximum Gasteiger partial charge on any atom is 0.179 e. The van der Waals surface area contributed by atoms with Crippen molar-refractivity contribution in [2.24, 2.45) is 0 Å². The molecule has 0 spiro atoms. The van der Waals surface area contributed by atoms with Gasteiger partial charge in [0.1, 0.15) is 0 Å². The molecule has 0 aromatic heterocycles. The Balaban J connectivity index is 2.08. The van der Waals surface area contributed by atoms with Gasteiger partial charge in [0.05, 0.1) is 6.10 Å². The first-order valence-corrected chi connectivity index (χ1v) is 10.1. The van der Waals surface area contributed by atoms with Crippen molar-refractivity contribution in [3.05, 3.63) is 30.3 Å². The standard InChI is InChI=1S/C9H11OPS3/c1-8-7-13-11(12,10-8)14-9-5-3-2-4-6-9/h2-6,8H,7H2,1H3. The van der Waals surface area contributed by atoms with Crippen molar-refractivity contribution in [2.45, 2.75) is 17.9 Å². The van der Waals surface area contributed by atoms with Crippen LogP contribution in [0.25, 0.3) is 0 Å². The second kappa shape index (κ2) is 4.58. The quantitative estimate of drug-likeness (QED) is 0.740. The summed E-state index contributed by atoms with van der Waals surface area (Å²) in [5.74, 6) is 1.04. The Morgan fingerprint density at radius 1 is 1.50 bits per heavy atom. The molecule has 1 aliphatic heterocycles. The van der Waals surface area contributed by atoms with Crippen LogP contribution in [0.15, 0.2) is 35.2 Å². The zero-order valence-corrected chi connectivity index (χ0v) is 11.1. The highest BCUT2D eigenvalue weighted by Gasteiger charge is 2.30. The summed E-state index contributed by atoms with van der Waals surface area (Å²) in [5.41, 5.74) is 0. The highest BCUT2D eigenvalue weighted by Crippen LogP contribution is 2.76. The van der Waals surface area contributed by atoms with Crippen molar-refractivity contribution >= 4 is 39.2 Å². The predicted molar refractivity (Wildman–Crippen MR) is 69.6 cm³/mol. The molecule has 1 nitrogen and oxygen atoms in total. The molecule has 2 rings (SSSR count). The van der Waals surface area contributed by atoms with Crippen LogP contribution in [-0.2, 0) is 16.3 Å². The van der Waals surface area contributed by atoms with Crippen LogP contribution in [0.2, 0.25) is 0 Å². The minimum Gasteiger partial charge on any atom is -0.330 e. The molecule has 2 atom stereocenters. The fourth-order valence-electron chi connectivity index (χ4n) is 1.14. The van der Waals surface area contributed by atoms with Gasteiger partial charge < -0.3 is 4.52 Å². The van der Waals surface area contributed by atoms with Gasteiger partial charge in [-0.3, -0.25) is 0 Å². The lowest BCUT2D eigenvalue weighted by molar-refractivity contribution is 0.295. The molecule has 0 saturated carbocycles. The molecule has 1 saturated heterocycles. The lowest BCUT2D eigenvalue weighted by Gasteiger charge is -2.13. The van der Waals surface area contributed by atoms with E-state index < -0.39 is 4.67 Å². The van der Waals surface area contributed by atoms with Gasteiger partial charge in [0.25, 0.3) is 0 Å². The second-order valence-electron chi connectivity index (χ2n) is 3.06. The maximum atomic E-state index is 5.80. The summed E-state index contributed by atoms with van der Waals surface area (Å²) in [6, 6.07) is 10.3. The van der Waals surface area contributed by atoms with Crippen LogP contribution in [0.4, 0.5) is 0 Å². The minimum absolute atomic E-state index is 0.321. The zero-order chi connectivity index (χ0) is 10.0. The zero-order valence-electron chi connectivity index (χ0n) is 7.75. The van der Waals surface area contributed by atoms with E-state index in [1.165, 1.54) is 4.90 Å². The van der Waals surface area contributed by atoms with Crippen LogP contribution in [0.3, 0.4) is 0 Å². The van der Waals surface area contributed by atoms with Crippen LogP contribution < -0.4 is 0 Å². The Labute approximate surface area is 97.6 Å². The van der Waals surface area contributed by atoms with Crippen molar-refractivity contribution in [3.63, 3.8) is 0 Å². The molecule has 1 heterocycles. The summed E-state index contributed by atoms with van der Waals surface area (Å²) in [4.78, 5) is 1.22.